The summed E-state index contributed by atoms with van der Waals surface area (Å²) >= 11 is 0. The molecule has 1 heterocycles. The summed E-state index contributed by atoms with van der Waals surface area (Å²) in [6.07, 6.45) is 3.82. The van der Waals surface area contributed by atoms with Crippen molar-refractivity contribution < 1.29 is 4.79 Å². The molecule has 0 aromatic carbocycles. The van der Waals surface area contributed by atoms with Gasteiger partial charge in [0.1, 0.15) is 5.82 Å². The number of hydrogen-bond acceptors (Lipinski definition) is 4. The van der Waals surface area contributed by atoms with E-state index >= 15 is 0 Å². The highest BCUT2D eigenvalue weighted by atomic mass is 16.2. The van der Waals surface area contributed by atoms with Crippen molar-refractivity contribution in [3.05, 3.63) is 11.6 Å². The summed E-state index contributed by atoms with van der Waals surface area (Å²) in [5.41, 5.74) is 5.80. The van der Waals surface area contributed by atoms with Gasteiger partial charge < -0.3 is 11.1 Å². The van der Waals surface area contributed by atoms with Crippen LogP contribution in [0, 0.1) is 6.92 Å². The largest absolute Gasteiger partial charge is 0.347 e. The van der Waals surface area contributed by atoms with E-state index in [0.717, 1.165) is 25.7 Å². The predicted octanol–water partition coefficient (Wildman–Crippen LogP) is 0.113. The van der Waals surface area contributed by atoms with Gasteiger partial charge >= 0.3 is 0 Å². The summed E-state index contributed by atoms with van der Waals surface area (Å²) in [5, 5.41) is 9.40. The molecule has 1 aliphatic carbocycles. The Morgan fingerprint density at radius 1 is 1.44 bits per heavy atom. The van der Waals surface area contributed by atoms with Gasteiger partial charge in [0.15, 0.2) is 0 Å². The van der Waals surface area contributed by atoms with Crippen molar-refractivity contribution in [2.24, 2.45) is 5.73 Å². The molecule has 1 amide bonds. The number of nitrogens with zero attached hydrogens (tertiary/aromatic N) is 2. The normalized spacial score (nSPS) is 25.4. The zero-order valence-electron chi connectivity index (χ0n) is 9.36. The molecular weight excluding hydrogens is 206 g/mol. The molecule has 0 radical (unpaired) electrons. The maximum absolute atomic E-state index is 11.7. The van der Waals surface area contributed by atoms with E-state index in [0.29, 0.717) is 11.9 Å². The SMILES string of the molecule is Cc1nc(C(=O)N[C@H]2CC[C@H](N)CC2)n[nH]1. The fourth-order valence-corrected chi connectivity index (χ4v) is 1.96. The first-order valence-corrected chi connectivity index (χ1v) is 5.60. The molecule has 1 aromatic rings. The van der Waals surface area contributed by atoms with Crippen molar-refractivity contribution in [1.82, 2.24) is 20.5 Å². The number of carbonyl (C=O) groups excluding carboxylic acids is 1. The van der Waals surface area contributed by atoms with Crippen molar-refractivity contribution in [2.75, 3.05) is 0 Å². The van der Waals surface area contributed by atoms with Crippen LogP contribution < -0.4 is 11.1 Å². The zero-order chi connectivity index (χ0) is 11.5. The average molecular weight is 223 g/mol. The first-order valence-electron chi connectivity index (χ1n) is 5.60. The Labute approximate surface area is 94.0 Å². The van der Waals surface area contributed by atoms with E-state index < -0.39 is 0 Å². The lowest BCUT2D eigenvalue weighted by molar-refractivity contribution is 0.0915. The van der Waals surface area contributed by atoms with Gasteiger partial charge in [0.05, 0.1) is 0 Å². The summed E-state index contributed by atoms with van der Waals surface area (Å²) < 4.78 is 0. The number of rotatable bonds is 2. The van der Waals surface area contributed by atoms with Crippen LogP contribution in [0.15, 0.2) is 0 Å². The van der Waals surface area contributed by atoms with Crippen LogP contribution in [0.2, 0.25) is 0 Å². The topological polar surface area (TPSA) is 96.7 Å². The maximum atomic E-state index is 11.7. The van der Waals surface area contributed by atoms with E-state index in [1.165, 1.54) is 0 Å². The van der Waals surface area contributed by atoms with Crippen LogP contribution in [0.4, 0.5) is 0 Å². The molecule has 16 heavy (non-hydrogen) atoms. The number of aromatic nitrogens is 3. The molecule has 0 saturated heterocycles. The summed E-state index contributed by atoms with van der Waals surface area (Å²) in [4.78, 5) is 15.7. The number of amides is 1. The van der Waals surface area contributed by atoms with E-state index in [1.807, 2.05) is 0 Å². The monoisotopic (exact) mass is 223 g/mol. The Kier molecular flexibility index (Phi) is 3.19. The molecule has 1 saturated carbocycles. The van der Waals surface area contributed by atoms with Crippen LogP contribution >= 0.6 is 0 Å². The number of nitrogens with one attached hydrogen (secondary N) is 2. The van der Waals surface area contributed by atoms with Gasteiger partial charge in [-0.1, -0.05) is 0 Å². The summed E-state index contributed by atoms with van der Waals surface area (Å²) in [6.45, 7) is 1.77. The first-order chi connectivity index (χ1) is 7.65. The van der Waals surface area contributed by atoms with Gasteiger partial charge in [0, 0.05) is 12.1 Å². The number of hydrogen-bond donors (Lipinski definition) is 3. The van der Waals surface area contributed by atoms with Crippen molar-refractivity contribution in [3.8, 4) is 0 Å². The Morgan fingerprint density at radius 2 is 2.12 bits per heavy atom. The molecule has 4 N–H and O–H groups in total. The van der Waals surface area contributed by atoms with Crippen molar-refractivity contribution in [2.45, 2.75) is 44.7 Å². The molecule has 0 spiro atoms. The Hall–Kier alpha value is -1.43. The third kappa shape index (κ3) is 2.57. The fraction of sp³-hybridized carbons (Fsp3) is 0.700. The molecule has 1 aliphatic rings. The van der Waals surface area contributed by atoms with Gasteiger partial charge in [-0.3, -0.25) is 9.89 Å². The van der Waals surface area contributed by atoms with Gasteiger partial charge in [-0.25, -0.2) is 4.98 Å². The highest BCUT2D eigenvalue weighted by Gasteiger charge is 2.21. The minimum Gasteiger partial charge on any atom is -0.347 e. The minimum absolute atomic E-state index is 0.204. The molecule has 0 unspecified atom stereocenters. The molecule has 6 nitrogen and oxygen atoms in total. The highest BCUT2D eigenvalue weighted by molar-refractivity contribution is 5.90. The van der Waals surface area contributed by atoms with Gasteiger partial charge in [-0.05, 0) is 32.6 Å². The van der Waals surface area contributed by atoms with E-state index in [4.69, 9.17) is 5.73 Å². The first kappa shape index (κ1) is 11.1. The summed E-state index contributed by atoms with van der Waals surface area (Å²) in [5.74, 6) is 0.660. The molecule has 1 fully saturated rings. The second-order valence-electron chi connectivity index (χ2n) is 4.33. The predicted molar refractivity (Wildman–Crippen MR) is 58.8 cm³/mol. The van der Waals surface area contributed by atoms with E-state index in [9.17, 15) is 4.79 Å². The van der Waals surface area contributed by atoms with Crippen LogP contribution in [0.25, 0.3) is 0 Å². The van der Waals surface area contributed by atoms with Crippen LogP contribution in [0.1, 0.15) is 42.1 Å². The quantitative estimate of drug-likeness (QED) is 0.663. The number of carbonyl (C=O) groups is 1. The van der Waals surface area contributed by atoms with Crippen molar-refractivity contribution >= 4 is 5.91 Å². The van der Waals surface area contributed by atoms with E-state index in [-0.39, 0.29) is 17.8 Å². The Balaban J connectivity index is 1.88. The third-order valence-corrected chi connectivity index (χ3v) is 2.91. The van der Waals surface area contributed by atoms with Crippen LogP contribution in [0.3, 0.4) is 0 Å². The number of aromatic amines is 1. The van der Waals surface area contributed by atoms with E-state index in [2.05, 4.69) is 20.5 Å². The van der Waals surface area contributed by atoms with Crippen LogP contribution in [-0.4, -0.2) is 33.2 Å². The lowest BCUT2D eigenvalue weighted by Gasteiger charge is -2.26. The van der Waals surface area contributed by atoms with Crippen LogP contribution in [0.5, 0.6) is 0 Å². The van der Waals surface area contributed by atoms with Gasteiger partial charge in [0.2, 0.25) is 5.82 Å². The Morgan fingerprint density at radius 3 is 2.69 bits per heavy atom. The molecule has 0 atom stereocenters. The summed E-state index contributed by atoms with van der Waals surface area (Å²) in [7, 11) is 0. The third-order valence-electron chi connectivity index (χ3n) is 2.91. The standard InChI is InChI=1S/C10H17N5O/c1-6-12-9(15-14-6)10(16)13-8-4-2-7(11)3-5-8/h7-8H,2-5,11H2,1H3,(H,13,16)(H,12,14,15)/t7-,8-. The number of nitrogens with two attached hydrogens (primary N) is 1. The lowest BCUT2D eigenvalue weighted by Crippen LogP contribution is -2.40. The Bertz CT molecular complexity index is 367. The fourth-order valence-electron chi connectivity index (χ4n) is 1.96. The van der Waals surface area contributed by atoms with Gasteiger partial charge in [-0.2, -0.15) is 0 Å². The molecule has 1 aromatic heterocycles. The van der Waals surface area contributed by atoms with Gasteiger partial charge in [0.25, 0.3) is 5.91 Å². The molecule has 2 rings (SSSR count). The van der Waals surface area contributed by atoms with Crippen molar-refractivity contribution in [1.29, 1.82) is 0 Å². The van der Waals surface area contributed by atoms with E-state index in [1.54, 1.807) is 6.92 Å². The second kappa shape index (κ2) is 4.61. The minimum atomic E-state index is -0.204. The molecule has 6 heteroatoms. The average Bonchev–Trinajstić information content (AvgIpc) is 2.68. The number of H-pyrrole nitrogens is 1. The van der Waals surface area contributed by atoms with Gasteiger partial charge in [-0.15, -0.1) is 5.10 Å². The highest BCUT2D eigenvalue weighted by Crippen LogP contribution is 2.17. The summed E-state index contributed by atoms with van der Waals surface area (Å²) in [6, 6.07) is 0.505. The second-order valence-corrected chi connectivity index (χ2v) is 4.33. The van der Waals surface area contributed by atoms with Crippen LogP contribution in [-0.2, 0) is 0 Å². The lowest BCUT2D eigenvalue weighted by atomic mass is 9.92. The molecule has 0 bridgehead atoms. The molecule has 0 aliphatic heterocycles. The molecular formula is C10H17N5O. The zero-order valence-corrected chi connectivity index (χ0v) is 9.36. The molecule has 88 valence electrons. The number of aryl methyl sites for hydroxylation is 1. The van der Waals surface area contributed by atoms with Crippen molar-refractivity contribution in [3.63, 3.8) is 0 Å². The smallest absolute Gasteiger partial charge is 0.291 e. The maximum Gasteiger partial charge on any atom is 0.291 e.